The molecule has 10 heteroatoms. The maximum atomic E-state index is 13.6. The Kier molecular flexibility index (Phi) is 7.62. The molecule has 2 saturated heterocycles. The van der Waals surface area contributed by atoms with Gasteiger partial charge in [0, 0.05) is 24.1 Å². The molecule has 40 heavy (non-hydrogen) atoms. The maximum absolute atomic E-state index is 13.6. The quantitative estimate of drug-likeness (QED) is 0.409. The third-order valence-corrected chi connectivity index (χ3v) is 9.53. The molecule has 9 nitrogen and oxygen atoms in total. The van der Waals surface area contributed by atoms with E-state index in [0.29, 0.717) is 28.6 Å². The predicted octanol–water partition coefficient (Wildman–Crippen LogP) is 4.49. The number of allylic oxidation sites excluding steroid dienone is 1. The van der Waals surface area contributed by atoms with E-state index in [4.69, 9.17) is 4.74 Å². The van der Waals surface area contributed by atoms with Gasteiger partial charge < -0.3 is 20.7 Å². The number of amides is 3. The Balaban J connectivity index is 1.17. The van der Waals surface area contributed by atoms with E-state index in [1.165, 1.54) is 17.8 Å². The minimum atomic E-state index is -0.265. The van der Waals surface area contributed by atoms with Gasteiger partial charge in [0.15, 0.2) is 5.78 Å². The molecule has 3 aliphatic heterocycles. The van der Waals surface area contributed by atoms with Crippen molar-refractivity contribution in [2.24, 2.45) is 11.8 Å². The van der Waals surface area contributed by atoms with E-state index in [-0.39, 0.29) is 47.0 Å². The number of piperidine rings is 1. The smallest absolute Gasteiger partial charge is 0.327 e. The predicted molar refractivity (Wildman–Crippen MR) is 154 cm³/mol. The summed E-state index contributed by atoms with van der Waals surface area (Å²) in [7, 11) is 0. The summed E-state index contributed by atoms with van der Waals surface area (Å²) in [6.07, 6.45) is 7.73. The van der Waals surface area contributed by atoms with Gasteiger partial charge in [-0.1, -0.05) is 31.2 Å². The molecule has 3 amide bonds. The highest BCUT2D eigenvalue weighted by Crippen LogP contribution is 2.48. The first-order valence-corrected chi connectivity index (χ1v) is 14.8. The highest BCUT2D eigenvalue weighted by atomic mass is 32.2. The topological polar surface area (TPSA) is 113 Å². The molecular formula is C30H33N5O4S. The highest BCUT2D eigenvalue weighted by Gasteiger charge is 2.52. The standard InChI is InChI=1S/C30H33N5O4S/c1-2-25(37)33-19-8-6-7-18(15-19)16-23(36)28-27-26-22(13-14-31-29(26)40-28)35(30(38)34-27)24-12-11-21(17-32-24)39-20-9-4-3-5-10-20/h2-5,9-12,17-19,22,26,29,31H,1,6-8,13-16H2,(H,33,37)(H,34,38)/t18-,19-,22?,26?,29?/m1/s1. The number of ketones is 1. The molecule has 2 aromatic rings. The van der Waals surface area contributed by atoms with E-state index in [2.05, 4.69) is 27.5 Å². The molecule has 0 bridgehead atoms. The van der Waals surface area contributed by atoms with Crippen molar-refractivity contribution in [3.05, 3.63) is 71.9 Å². The summed E-state index contributed by atoms with van der Waals surface area (Å²) in [5.74, 6) is 1.95. The van der Waals surface area contributed by atoms with Gasteiger partial charge in [0.2, 0.25) is 5.91 Å². The Morgan fingerprint density at radius 2 is 2.00 bits per heavy atom. The fraction of sp³-hybridized carbons (Fsp3) is 0.400. The Morgan fingerprint density at radius 1 is 1.15 bits per heavy atom. The number of carbonyl (C=O) groups is 3. The van der Waals surface area contributed by atoms with E-state index >= 15 is 0 Å². The molecule has 0 radical (unpaired) electrons. The van der Waals surface area contributed by atoms with Crippen LogP contribution in [0, 0.1) is 11.8 Å². The number of carbonyl (C=O) groups excluding carboxylic acids is 3. The van der Waals surface area contributed by atoms with Crippen molar-refractivity contribution < 1.29 is 19.1 Å². The zero-order valence-electron chi connectivity index (χ0n) is 22.2. The molecule has 3 N–H and O–H groups in total. The Hall–Kier alpha value is -3.63. The summed E-state index contributed by atoms with van der Waals surface area (Å²) in [4.78, 5) is 45.8. The van der Waals surface area contributed by atoms with Crippen LogP contribution in [-0.4, -0.2) is 46.7 Å². The molecule has 3 unspecified atom stereocenters. The minimum Gasteiger partial charge on any atom is -0.456 e. The lowest BCUT2D eigenvalue weighted by molar-refractivity contribution is -0.117. The number of rotatable bonds is 8. The van der Waals surface area contributed by atoms with Gasteiger partial charge in [0.25, 0.3) is 0 Å². The Bertz CT molecular complexity index is 1330. The zero-order chi connectivity index (χ0) is 27.6. The van der Waals surface area contributed by atoms with Crippen molar-refractivity contribution in [2.75, 3.05) is 11.4 Å². The number of hydrogen-bond donors (Lipinski definition) is 3. The second-order valence-electron chi connectivity index (χ2n) is 10.8. The second-order valence-corrected chi connectivity index (χ2v) is 11.9. The van der Waals surface area contributed by atoms with Crippen molar-refractivity contribution in [1.29, 1.82) is 0 Å². The number of nitrogens with one attached hydrogen (secondary N) is 3. The molecule has 3 fully saturated rings. The van der Waals surface area contributed by atoms with Crippen LogP contribution >= 0.6 is 11.8 Å². The van der Waals surface area contributed by atoms with E-state index in [1.807, 2.05) is 42.5 Å². The van der Waals surface area contributed by atoms with Crippen molar-refractivity contribution in [3.63, 3.8) is 0 Å². The molecule has 1 aromatic carbocycles. The number of nitrogens with zero attached hydrogens (tertiary/aromatic N) is 2. The first-order chi connectivity index (χ1) is 19.5. The summed E-state index contributed by atoms with van der Waals surface area (Å²) in [6.45, 7) is 4.28. The van der Waals surface area contributed by atoms with Crippen LogP contribution in [-0.2, 0) is 9.59 Å². The molecule has 1 saturated carbocycles. The average molecular weight is 560 g/mol. The fourth-order valence-electron chi connectivity index (χ4n) is 6.35. The summed E-state index contributed by atoms with van der Waals surface area (Å²) < 4.78 is 5.87. The lowest BCUT2D eigenvalue weighted by Gasteiger charge is -2.45. The number of ether oxygens (including phenoxy) is 1. The third-order valence-electron chi connectivity index (χ3n) is 8.13. The van der Waals surface area contributed by atoms with E-state index in [9.17, 15) is 14.4 Å². The number of hydrogen-bond acceptors (Lipinski definition) is 7. The van der Waals surface area contributed by atoms with Gasteiger partial charge in [-0.25, -0.2) is 9.78 Å². The van der Waals surface area contributed by atoms with Crippen LogP contribution in [0.15, 0.2) is 71.9 Å². The van der Waals surface area contributed by atoms with Gasteiger partial charge in [-0.05, 0) is 68.5 Å². The van der Waals surface area contributed by atoms with E-state index in [1.54, 1.807) is 11.1 Å². The molecule has 6 rings (SSSR count). The Labute approximate surface area is 237 Å². The number of anilines is 1. The lowest BCUT2D eigenvalue weighted by Crippen LogP contribution is -2.62. The number of aromatic nitrogens is 1. The summed E-state index contributed by atoms with van der Waals surface area (Å²) in [5, 5.41) is 9.62. The average Bonchev–Trinajstić information content (AvgIpc) is 3.34. The minimum absolute atomic E-state index is 0.0162. The monoisotopic (exact) mass is 559 g/mol. The largest absolute Gasteiger partial charge is 0.456 e. The maximum Gasteiger partial charge on any atom is 0.327 e. The third kappa shape index (κ3) is 5.38. The molecule has 4 heterocycles. The van der Waals surface area contributed by atoms with Crippen LogP contribution in [0.4, 0.5) is 10.6 Å². The van der Waals surface area contributed by atoms with Crippen molar-refractivity contribution >= 4 is 35.3 Å². The van der Waals surface area contributed by atoms with Crippen molar-refractivity contribution in [3.8, 4) is 11.5 Å². The first-order valence-electron chi connectivity index (χ1n) is 13.9. The number of thioether (sulfide) groups is 1. The normalized spacial score (nSPS) is 27.4. The van der Waals surface area contributed by atoms with Crippen molar-refractivity contribution in [2.45, 2.75) is 56.0 Å². The zero-order valence-corrected chi connectivity index (χ0v) is 23.0. The SMILES string of the molecule is C=CC(=O)N[C@@H]1CCC[C@@H](CC(=O)C2=C3NC(=O)N(c4ccc(Oc5ccccc5)cn4)C4CCNC(S2)C34)C1. The number of pyridine rings is 1. The lowest BCUT2D eigenvalue weighted by atomic mass is 9.82. The van der Waals surface area contributed by atoms with Gasteiger partial charge >= 0.3 is 6.03 Å². The van der Waals surface area contributed by atoms with Crippen molar-refractivity contribution in [1.82, 2.24) is 20.9 Å². The van der Waals surface area contributed by atoms with Crippen LogP contribution in [0.1, 0.15) is 38.5 Å². The number of Topliss-reactive ketones (excluding diaryl/α,β-unsaturated/α-hetero) is 1. The van der Waals surface area contributed by atoms with Gasteiger partial charge in [-0.2, -0.15) is 0 Å². The number of benzene rings is 1. The summed E-state index contributed by atoms with van der Waals surface area (Å²) in [5.41, 5.74) is 0.745. The molecule has 4 aliphatic rings. The van der Waals surface area contributed by atoms with E-state index in [0.717, 1.165) is 44.3 Å². The summed E-state index contributed by atoms with van der Waals surface area (Å²) >= 11 is 1.54. The van der Waals surface area contributed by atoms with Gasteiger partial charge in [-0.3, -0.25) is 14.5 Å². The van der Waals surface area contributed by atoms with E-state index < -0.39 is 0 Å². The first kappa shape index (κ1) is 26.6. The second kappa shape index (κ2) is 11.5. The molecule has 0 spiro atoms. The van der Waals surface area contributed by atoms with Gasteiger partial charge in [-0.15, -0.1) is 11.8 Å². The van der Waals surface area contributed by atoms with Crippen LogP contribution in [0.25, 0.3) is 0 Å². The highest BCUT2D eigenvalue weighted by molar-refractivity contribution is 8.04. The van der Waals surface area contributed by atoms with Crippen LogP contribution in [0.5, 0.6) is 11.5 Å². The molecular weight excluding hydrogens is 526 g/mol. The number of urea groups is 1. The van der Waals surface area contributed by atoms with Crippen LogP contribution in [0.2, 0.25) is 0 Å². The van der Waals surface area contributed by atoms with Gasteiger partial charge in [0.05, 0.1) is 22.5 Å². The van der Waals surface area contributed by atoms with Crippen LogP contribution < -0.4 is 25.6 Å². The van der Waals surface area contributed by atoms with Gasteiger partial charge in [0.1, 0.15) is 17.3 Å². The number of para-hydroxylation sites is 1. The Morgan fingerprint density at radius 3 is 2.77 bits per heavy atom. The molecule has 5 atom stereocenters. The molecule has 1 aromatic heterocycles. The molecule has 208 valence electrons. The molecule has 1 aliphatic carbocycles. The van der Waals surface area contributed by atoms with Crippen LogP contribution in [0.3, 0.4) is 0 Å². The fourth-order valence-corrected chi connectivity index (χ4v) is 7.80. The summed E-state index contributed by atoms with van der Waals surface area (Å²) in [6, 6.07) is 12.8.